The number of hydrogen-bond acceptors (Lipinski definition) is 4. The van der Waals surface area contributed by atoms with Gasteiger partial charge in [0.15, 0.2) is 0 Å². The number of nitrogens with zero attached hydrogens (tertiary/aromatic N) is 1. The topological polar surface area (TPSA) is 48.4 Å². The van der Waals surface area contributed by atoms with Crippen LogP contribution in [-0.4, -0.2) is 23.9 Å². The summed E-state index contributed by atoms with van der Waals surface area (Å²) in [6.45, 7) is 1.35. The fourth-order valence-electron chi connectivity index (χ4n) is 1.52. The average Bonchev–Trinajstić information content (AvgIpc) is 2.23. The zero-order chi connectivity index (χ0) is 17.1. The van der Waals surface area contributed by atoms with E-state index in [4.69, 9.17) is 0 Å². The number of alkyl halides is 6. The highest BCUT2D eigenvalue weighted by Crippen LogP contribution is 2.41. The molecule has 0 aliphatic rings. The Bertz CT molecular complexity index is 558. The number of carbonyl (C=O) groups excluding carboxylic acids is 1. The summed E-state index contributed by atoms with van der Waals surface area (Å²) < 4.78 is 83.5. The molecule has 0 aromatic carbocycles. The van der Waals surface area contributed by atoms with Crippen molar-refractivity contribution in [3.05, 3.63) is 21.0 Å². The van der Waals surface area contributed by atoms with Gasteiger partial charge in [0.05, 0.1) is 18.7 Å². The maximum atomic E-state index is 13.0. The number of carbonyl (C=O) groups is 1. The standard InChI is InChI=1S/C11H8F6INO3/c1-2-21-8(20)3-5-9(10(12,13)14)6(4-7(18)19-5)22-11(15,16)17/h4H,2-3H2,1H3. The molecule has 0 saturated heterocycles. The van der Waals surface area contributed by atoms with Gasteiger partial charge in [0, 0.05) is 6.07 Å². The van der Waals surface area contributed by atoms with E-state index in [9.17, 15) is 31.1 Å². The van der Waals surface area contributed by atoms with Gasteiger partial charge in [-0.05, 0) is 29.5 Å². The molecule has 124 valence electrons. The van der Waals surface area contributed by atoms with Crippen LogP contribution in [0.3, 0.4) is 0 Å². The van der Waals surface area contributed by atoms with Gasteiger partial charge in [-0.3, -0.25) is 4.79 Å². The number of ether oxygens (including phenoxy) is 2. The molecule has 4 nitrogen and oxygen atoms in total. The molecule has 11 heteroatoms. The first-order valence-electron chi connectivity index (χ1n) is 5.62. The molecule has 0 aliphatic heterocycles. The normalized spacial score (nSPS) is 12.2. The van der Waals surface area contributed by atoms with E-state index in [1.807, 2.05) is 0 Å². The van der Waals surface area contributed by atoms with Crippen molar-refractivity contribution in [3.63, 3.8) is 0 Å². The lowest BCUT2D eigenvalue weighted by molar-refractivity contribution is -0.276. The quantitative estimate of drug-likeness (QED) is 0.308. The Kier molecular flexibility index (Phi) is 5.87. The van der Waals surface area contributed by atoms with Crippen molar-refractivity contribution in [1.29, 1.82) is 0 Å². The van der Waals surface area contributed by atoms with Gasteiger partial charge in [-0.15, -0.1) is 13.2 Å². The van der Waals surface area contributed by atoms with Crippen LogP contribution in [0.15, 0.2) is 6.07 Å². The van der Waals surface area contributed by atoms with Crippen molar-refractivity contribution in [2.75, 3.05) is 6.61 Å². The van der Waals surface area contributed by atoms with E-state index in [1.165, 1.54) is 29.5 Å². The molecule has 0 spiro atoms. The van der Waals surface area contributed by atoms with Crippen LogP contribution in [0.5, 0.6) is 5.75 Å². The Balaban J connectivity index is 3.38. The maximum Gasteiger partial charge on any atom is 0.573 e. The predicted octanol–water partition coefficient (Wildman–Crippen LogP) is 3.71. The lowest BCUT2D eigenvalue weighted by Crippen LogP contribution is -2.23. The molecule has 0 amide bonds. The van der Waals surface area contributed by atoms with Crippen LogP contribution in [0, 0.1) is 3.70 Å². The van der Waals surface area contributed by atoms with E-state index in [1.54, 1.807) is 0 Å². The Morgan fingerprint density at radius 3 is 2.32 bits per heavy atom. The number of halogens is 7. The molecule has 0 aliphatic carbocycles. The van der Waals surface area contributed by atoms with Crippen LogP contribution < -0.4 is 4.74 Å². The number of pyridine rings is 1. The minimum absolute atomic E-state index is 0.0873. The molecule has 1 heterocycles. The summed E-state index contributed by atoms with van der Waals surface area (Å²) in [5.41, 5.74) is -2.64. The molecule has 1 rings (SSSR count). The van der Waals surface area contributed by atoms with Crippen LogP contribution in [0.4, 0.5) is 26.3 Å². The maximum absolute atomic E-state index is 13.0. The lowest BCUT2D eigenvalue weighted by atomic mass is 10.1. The average molecular weight is 443 g/mol. The summed E-state index contributed by atoms with van der Waals surface area (Å²) in [5, 5.41) is 0. The first-order chi connectivity index (χ1) is 9.94. The zero-order valence-corrected chi connectivity index (χ0v) is 13.0. The van der Waals surface area contributed by atoms with Gasteiger partial charge in [-0.25, -0.2) is 4.98 Å². The van der Waals surface area contributed by atoms with Gasteiger partial charge in [-0.1, -0.05) is 0 Å². The molecule has 1 aromatic heterocycles. The van der Waals surface area contributed by atoms with Crippen molar-refractivity contribution in [2.24, 2.45) is 0 Å². The van der Waals surface area contributed by atoms with Gasteiger partial charge >= 0.3 is 18.5 Å². The van der Waals surface area contributed by atoms with Crippen LogP contribution in [0.2, 0.25) is 0 Å². The van der Waals surface area contributed by atoms with Crippen LogP contribution in [0.1, 0.15) is 18.2 Å². The Morgan fingerprint density at radius 1 is 1.27 bits per heavy atom. The molecule has 1 aromatic rings. The van der Waals surface area contributed by atoms with Crippen LogP contribution >= 0.6 is 22.6 Å². The fraction of sp³-hybridized carbons (Fsp3) is 0.455. The second-order valence-electron chi connectivity index (χ2n) is 3.79. The molecule has 0 radical (unpaired) electrons. The van der Waals surface area contributed by atoms with Gasteiger partial charge < -0.3 is 9.47 Å². The van der Waals surface area contributed by atoms with Crippen molar-refractivity contribution in [3.8, 4) is 5.75 Å². The van der Waals surface area contributed by atoms with E-state index >= 15 is 0 Å². The van der Waals surface area contributed by atoms with E-state index in [-0.39, 0.29) is 10.3 Å². The van der Waals surface area contributed by atoms with Crippen LogP contribution in [-0.2, 0) is 22.1 Å². The summed E-state index contributed by atoms with van der Waals surface area (Å²) in [6.07, 6.45) is -11.4. The fourth-order valence-corrected chi connectivity index (χ4v) is 2.10. The molecule has 0 unspecified atom stereocenters. The molecule has 22 heavy (non-hydrogen) atoms. The van der Waals surface area contributed by atoms with Crippen molar-refractivity contribution >= 4 is 28.6 Å². The summed E-state index contributed by atoms with van der Waals surface area (Å²) in [5.74, 6) is -2.50. The third-order valence-corrected chi connectivity index (χ3v) is 2.71. The highest BCUT2D eigenvalue weighted by molar-refractivity contribution is 14.1. The Labute approximate surface area is 133 Å². The predicted molar refractivity (Wildman–Crippen MR) is 69.0 cm³/mol. The first kappa shape index (κ1) is 18.8. The summed E-state index contributed by atoms with van der Waals surface area (Å²) in [6, 6.07) is 0.492. The number of esters is 1. The second-order valence-corrected chi connectivity index (χ2v) is 4.90. The molecular formula is C11H8F6INO3. The van der Waals surface area contributed by atoms with Gasteiger partial charge in [0.25, 0.3) is 0 Å². The minimum atomic E-state index is -5.31. The largest absolute Gasteiger partial charge is 0.573 e. The summed E-state index contributed by atoms with van der Waals surface area (Å²) >= 11 is 1.42. The molecule has 0 saturated carbocycles. The molecule has 0 N–H and O–H groups in total. The van der Waals surface area contributed by atoms with E-state index in [2.05, 4.69) is 14.5 Å². The SMILES string of the molecule is CCOC(=O)Cc1nc(I)cc(OC(F)(F)F)c1C(F)(F)F. The van der Waals surface area contributed by atoms with Crippen molar-refractivity contribution in [1.82, 2.24) is 4.98 Å². The smallest absolute Gasteiger partial charge is 0.466 e. The highest BCUT2D eigenvalue weighted by Gasteiger charge is 2.42. The number of aromatic nitrogens is 1. The molecular weight excluding hydrogens is 435 g/mol. The Morgan fingerprint density at radius 2 is 1.86 bits per heavy atom. The van der Waals surface area contributed by atoms with Gasteiger partial charge in [0.2, 0.25) is 0 Å². The van der Waals surface area contributed by atoms with Crippen molar-refractivity contribution in [2.45, 2.75) is 25.9 Å². The monoisotopic (exact) mass is 443 g/mol. The third kappa shape index (κ3) is 5.50. The zero-order valence-electron chi connectivity index (χ0n) is 10.8. The van der Waals surface area contributed by atoms with Gasteiger partial charge in [-0.2, -0.15) is 13.2 Å². The molecule has 0 fully saturated rings. The Hall–Kier alpha value is -1.27. The van der Waals surface area contributed by atoms with E-state index < -0.39 is 41.9 Å². The highest BCUT2D eigenvalue weighted by atomic mass is 127. The second kappa shape index (κ2) is 6.87. The molecule has 0 atom stereocenters. The van der Waals surface area contributed by atoms with Crippen LogP contribution in [0.25, 0.3) is 0 Å². The molecule has 0 bridgehead atoms. The number of hydrogen-bond donors (Lipinski definition) is 0. The lowest BCUT2D eigenvalue weighted by Gasteiger charge is -2.18. The van der Waals surface area contributed by atoms with E-state index in [0.717, 1.165) is 0 Å². The number of rotatable bonds is 4. The van der Waals surface area contributed by atoms with E-state index in [0.29, 0.717) is 6.07 Å². The summed E-state index contributed by atoms with van der Waals surface area (Å²) in [7, 11) is 0. The minimum Gasteiger partial charge on any atom is -0.466 e. The summed E-state index contributed by atoms with van der Waals surface area (Å²) in [4.78, 5) is 14.8. The van der Waals surface area contributed by atoms with Gasteiger partial charge in [0.1, 0.15) is 15.0 Å². The first-order valence-corrected chi connectivity index (χ1v) is 6.70. The van der Waals surface area contributed by atoms with Crippen molar-refractivity contribution < 1.29 is 40.6 Å². The third-order valence-electron chi connectivity index (χ3n) is 2.15.